The summed E-state index contributed by atoms with van der Waals surface area (Å²) in [4.78, 5) is 19.2. The Hall–Kier alpha value is -3.08. The number of hydrogen-bond donors (Lipinski definition) is 2. The molecule has 0 spiro atoms. The first-order valence-electron chi connectivity index (χ1n) is 7.27. The fourth-order valence-electron chi connectivity index (χ4n) is 2.27. The van der Waals surface area contributed by atoms with Crippen LogP contribution in [0.5, 0.6) is 11.5 Å². The lowest BCUT2D eigenvalue weighted by molar-refractivity contribution is 0.102. The van der Waals surface area contributed by atoms with E-state index < -0.39 is 0 Å². The Morgan fingerprint density at radius 1 is 1.13 bits per heavy atom. The molecule has 0 fully saturated rings. The molecule has 0 aliphatic heterocycles. The summed E-state index contributed by atoms with van der Waals surface area (Å²) in [6, 6.07) is 10.9. The average Bonchev–Trinajstić information content (AvgIpc) is 2.97. The Morgan fingerprint density at radius 2 is 1.91 bits per heavy atom. The number of aromatic amines is 1. The van der Waals surface area contributed by atoms with E-state index in [1.54, 1.807) is 36.8 Å². The normalized spacial score (nSPS) is 10.3. The highest BCUT2D eigenvalue weighted by Gasteiger charge is 2.11. The van der Waals surface area contributed by atoms with Gasteiger partial charge in [-0.25, -0.2) is 0 Å². The number of amides is 1. The first kappa shape index (κ1) is 14.8. The van der Waals surface area contributed by atoms with E-state index in [2.05, 4.69) is 15.3 Å². The number of rotatable bonds is 4. The molecule has 2 aromatic heterocycles. The summed E-state index contributed by atoms with van der Waals surface area (Å²) in [5.41, 5.74) is 3.15. The number of carbonyl (C=O) groups is 1. The Labute approximate surface area is 134 Å². The molecule has 2 N–H and O–H groups in total. The molecule has 3 rings (SSSR count). The summed E-state index contributed by atoms with van der Waals surface area (Å²) in [7, 11) is 0. The lowest BCUT2D eigenvalue weighted by Gasteiger charge is -2.11. The van der Waals surface area contributed by atoms with Crippen LogP contribution in [0.4, 0.5) is 5.69 Å². The summed E-state index contributed by atoms with van der Waals surface area (Å²) < 4.78 is 5.80. The second-order valence-corrected chi connectivity index (χ2v) is 5.24. The molecule has 1 aromatic carbocycles. The number of carbonyl (C=O) groups excluding carboxylic acids is 1. The van der Waals surface area contributed by atoms with Crippen molar-refractivity contribution in [2.45, 2.75) is 13.8 Å². The van der Waals surface area contributed by atoms with Crippen LogP contribution in [0.15, 0.2) is 55.0 Å². The second-order valence-electron chi connectivity index (χ2n) is 5.24. The number of nitrogens with one attached hydrogen (secondary N) is 2. The van der Waals surface area contributed by atoms with Crippen molar-refractivity contribution in [2.24, 2.45) is 0 Å². The van der Waals surface area contributed by atoms with Crippen LogP contribution >= 0.6 is 0 Å². The summed E-state index contributed by atoms with van der Waals surface area (Å²) in [5, 5.41) is 2.89. The minimum absolute atomic E-state index is 0.133. The van der Waals surface area contributed by atoms with Gasteiger partial charge in [-0.3, -0.25) is 9.78 Å². The molecule has 0 aliphatic rings. The summed E-state index contributed by atoms with van der Waals surface area (Å²) in [5.74, 6) is 1.33. The number of anilines is 1. The Balaban J connectivity index is 1.74. The molecule has 5 nitrogen and oxygen atoms in total. The van der Waals surface area contributed by atoms with Gasteiger partial charge in [-0.2, -0.15) is 0 Å². The number of benzene rings is 1. The van der Waals surface area contributed by atoms with Gasteiger partial charge in [-0.05, 0) is 55.8 Å². The average molecular weight is 307 g/mol. The van der Waals surface area contributed by atoms with Crippen LogP contribution in [0.1, 0.15) is 21.6 Å². The second kappa shape index (κ2) is 6.36. The third-order valence-electron chi connectivity index (χ3n) is 3.51. The van der Waals surface area contributed by atoms with Crippen LogP contribution in [-0.4, -0.2) is 15.9 Å². The standard InChI is InChI=1S/C18H17N3O2/c1-12-11-14(21-18(22)16-7-10-20-13(16)2)3-4-17(12)23-15-5-8-19-9-6-15/h3-11,20H,1-2H3,(H,21,22). The van der Waals surface area contributed by atoms with Gasteiger partial charge in [0.1, 0.15) is 11.5 Å². The van der Waals surface area contributed by atoms with E-state index in [0.717, 1.165) is 28.4 Å². The summed E-state index contributed by atoms with van der Waals surface area (Å²) in [6.45, 7) is 3.81. The van der Waals surface area contributed by atoms with Crippen LogP contribution in [-0.2, 0) is 0 Å². The van der Waals surface area contributed by atoms with Gasteiger partial charge in [-0.15, -0.1) is 0 Å². The molecule has 23 heavy (non-hydrogen) atoms. The lowest BCUT2D eigenvalue weighted by atomic mass is 10.2. The zero-order valence-electron chi connectivity index (χ0n) is 13.0. The number of hydrogen-bond acceptors (Lipinski definition) is 3. The molecule has 0 bridgehead atoms. The number of aromatic nitrogens is 2. The fraction of sp³-hybridized carbons (Fsp3) is 0.111. The third-order valence-corrected chi connectivity index (χ3v) is 3.51. The zero-order valence-corrected chi connectivity index (χ0v) is 13.0. The van der Waals surface area contributed by atoms with Crippen molar-refractivity contribution >= 4 is 11.6 Å². The molecule has 0 atom stereocenters. The molecule has 116 valence electrons. The van der Waals surface area contributed by atoms with Crippen molar-refractivity contribution in [1.29, 1.82) is 0 Å². The maximum absolute atomic E-state index is 12.2. The molecule has 3 aromatic rings. The van der Waals surface area contributed by atoms with E-state index in [9.17, 15) is 4.79 Å². The summed E-state index contributed by atoms with van der Waals surface area (Å²) in [6.07, 6.45) is 5.11. The zero-order chi connectivity index (χ0) is 16.2. The quantitative estimate of drug-likeness (QED) is 0.763. The van der Waals surface area contributed by atoms with E-state index in [0.29, 0.717) is 5.56 Å². The van der Waals surface area contributed by atoms with Gasteiger partial charge in [0.15, 0.2) is 0 Å². The first-order chi connectivity index (χ1) is 11.1. The molecule has 0 saturated heterocycles. The van der Waals surface area contributed by atoms with Gasteiger partial charge in [-0.1, -0.05) is 0 Å². The molecule has 1 amide bonds. The molecule has 0 aliphatic carbocycles. The van der Waals surface area contributed by atoms with Crippen molar-refractivity contribution in [3.05, 3.63) is 71.8 Å². The van der Waals surface area contributed by atoms with Gasteiger partial charge in [0.2, 0.25) is 0 Å². The first-order valence-corrected chi connectivity index (χ1v) is 7.27. The fourth-order valence-corrected chi connectivity index (χ4v) is 2.27. The van der Waals surface area contributed by atoms with E-state index in [1.807, 2.05) is 32.0 Å². The minimum Gasteiger partial charge on any atom is -0.457 e. The summed E-state index contributed by atoms with van der Waals surface area (Å²) >= 11 is 0. The predicted molar refractivity (Wildman–Crippen MR) is 89.0 cm³/mol. The number of pyridine rings is 1. The van der Waals surface area contributed by atoms with Crippen molar-refractivity contribution in [1.82, 2.24) is 9.97 Å². The third kappa shape index (κ3) is 3.40. The van der Waals surface area contributed by atoms with Crippen LogP contribution in [0.2, 0.25) is 0 Å². The highest BCUT2D eigenvalue weighted by Crippen LogP contribution is 2.27. The number of ether oxygens (including phenoxy) is 1. The van der Waals surface area contributed by atoms with Gasteiger partial charge in [0.25, 0.3) is 5.91 Å². The molecular formula is C18H17N3O2. The predicted octanol–water partition coefficient (Wildman–Crippen LogP) is 4.07. The topological polar surface area (TPSA) is 67.0 Å². The minimum atomic E-state index is -0.133. The van der Waals surface area contributed by atoms with Crippen LogP contribution in [0.25, 0.3) is 0 Å². The van der Waals surface area contributed by atoms with Gasteiger partial charge < -0.3 is 15.0 Å². The molecular weight excluding hydrogens is 290 g/mol. The molecule has 2 heterocycles. The number of aryl methyl sites for hydroxylation is 2. The highest BCUT2D eigenvalue weighted by atomic mass is 16.5. The molecule has 0 unspecified atom stereocenters. The van der Waals surface area contributed by atoms with Crippen LogP contribution in [0, 0.1) is 13.8 Å². The Kier molecular flexibility index (Phi) is 4.10. The largest absolute Gasteiger partial charge is 0.457 e. The van der Waals surface area contributed by atoms with E-state index in [-0.39, 0.29) is 5.91 Å². The van der Waals surface area contributed by atoms with E-state index in [4.69, 9.17) is 4.74 Å². The van der Waals surface area contributed by atoms with Gasteiger partial charge in [0, 0.05) is 30.0 Å². The van der Waals surface area contributed by atoms with Crippen molar-refractivity contribution in [3.63, 3.8) is 0 Å². The van der Waals surface area contributed by atoms with Crippen molar-refractivity contribution in [3.8, 4) is 11.5 Å². The van der Waals surface area contributed by atoms with Crippen molar-refractivity contribution < 1.29 is 9.53 Å². The monoisotopic (exact) mass is 307 g/mol. The van der Waals surface area contributed by atoms with E-state index in [1.165, 1.54) is 0 Å². The van der Waals surface area contributed by atoms with E-state index >= 15 is 0 Å². The maximum atomic E-state index is 12.2. The Morgan fingerprint density at radius 3 is 2.57 bits per heavy atom. The van der Waals surface area contributed by atoms with Gasteiger partial charge in [0.05, 0.1) is 5.56 Å². The van der Waals surface area contributed by atoms with Crippen molar-refractivity contribution in [2.75, 3.05) is 5.32 Å². The number of nitrogens with zero attached hydrogens (tertiary/aromatic N) is 1. The molecule has 0 radical (unpaired) electrons. The smallest absolute Gasteiger partial charge is 0.257 e. The van der Waals surface area contributed by atoms with Crippen LogP contribution < -0.4 is 10.1 Å². The highest BCUT2D eigenvalue weighted by molar-refractivity contribution is 6.05. The molecule has 5 heteroatoms. The molecule has 0 saturated carbocycles. The number of H-pyrrole nitrogens is 1. The van der Waals surface area contributed by atoms with Gasteiger partial charge >= 0.3 is 0 Å². The Bertz CT molecular complexity index is 825. The van der Waals surface area contributed by atoms with Crippen LogP contribution in [0.3, 0.4) is 0 Å². The maximum Gasteiger partial charge on any atom is 0.257 e. The lowest BCUT2D eigenvalue weighted by Crippen LogP contribution is -2.12. The SMILES string of the molecule is Cc1cc(NC(=O)c2cc[nH]c2C)ccc1Oc1ccncc1.